The molecular weight excluding hydrogens is 453 g/mol. The van der Waals surface area contributed by atoms with Gasteiger partial charge in [0.1, 0.15) is 10.7 Å². The Morgan fingerprint density at radius 3 is 2.48 bits per heavy atom. The molecular formula is C19H17Cl2N3O3S2. The van der Waals surface area contributed by atoms with Crippen molar-refractivity contribution in [2.45, 2.75) is 11.0 Å². The highest BCUT2D eigenvalue weighted by atomic mass is 35.5. The van der Waals surface area contributed by atoms with Crippen molar-refractivity contribution in [1.82, 2.24) is 4.98 Å². The minimum Gasteiger partial charge on any atom is -0.394 e. The second kappa shape index (κ2) is 9.80. The highest BCUT2D eigenvalue weighted by Gasteiger charge is 2.22. The Bertz CT molecular complexity index is 992. The van der Waals surface area contributed by atoms with E-state index in [-0.39, 0.29) is 38.7 Å². The van der Waals surface area contributed by atoms with Crippen LogP contribution >= 0.6 is 46.3 Å². The van der Waals surface area contributed by atoms with Crippen LogP contribution in [0.5, 0.6) is 0 Å². The molecule has 2 aromatic carbocycles. The summed E-state index contributed by atoms with van der Waals surface area (Å²) in [5.74, 6) is 0.129. The number of hydrogen-bond donors (Lipinski definition) is 4. The number of aliphatic hydroxyl groups excluding tert-OH is 2. The topological polar surface area (TPSA) is 108 Å². The van der Waals surface area contributed by atoms with E-state index < -0.39 is 6.10 Å². The van der Waals surface area contributed by atoms with Gasteiger partial charge >= 0.3 is 0 Å². The van der Waals surface area contributed by atoms with Crippen LogP contribution < -0.4 is 11.1 Å². The molecule has 10 heteroatoms. The summed E-state index contributed by atoms with van der Waals surface area (Å²) >= 11 is 14.8. The summed E-state index contributed by atoms with van der Waals surface area (Å²) in [6, 6.07) is 12.3. The third kappa shape index (κ3) is 5.42. The standard InChI is InChI=1S/C19H17Cl2N3O3S2/c20-13-2-1-3-14(21)15(13)16(27)17-18(22)24-19(29-17)23-10-4-6-12(7-5-10)28-9-11(26)8-25/h1-7,11,25-26H,8-9,22H2,(H,23,24). The Kier molecular flexibility index (Phi) is 7.39. The van der Waals surface area contributed by atoms with Gasteiger partial charge in [-0.3, -0.25) is 4.79 Å². The van der Waals surface area contributed by atoms with Gasteiger partial charge in [0.25, 0.3) is 0 Å². The lowest BCUT2D eigenvalue weighted by Gasteiger charge is -2.07. The molecule has 3 aromatic rings. The fraction of sp³-hybridized carbons (Fsp3) is 0.158. The van der Waals surface area contributed by atoms with Gasteiger partial charge in [-0.1, -0.05) is 40.6 Å². The number of nitrogens with one attached hydrogen (secondary N) is 1. The first-order chi connectivity index (χ1) is 13.9. The number of thiazole rings is 1. The average Bonchev–Trinajstić information content (AvgIpc) is 3.07. The molecule has 0 aliphatic carbocycles. The number of nitrogens with two attached hydrogens (primary N) is 1. The Labute approximate surface area is 185 Å². The minimum absolute atomic E-state index is 0.101. The van der Waals surface area contributed by atoms with Crippen molar-refractivity contribution in [3.05, 3.63) is 63.0 Å². The molecule has 1 atom stereocenters. The van der Waals surface area contributed by atoms with Gasteiger partial charge in [-0.2, -0.15) is 0 Å². The number of nitrogens with zero attached hydrogens (tertiary/aromatic N) is 1. The second-order valence-corrected chi connectivity index (χ2v) is 8.86. The summed E-state index contributed by atoms with van der Waals surface area (Å²) in [6.07, 6.45) is -0.751. The number of nitrogen functional groups attached to an aromatic ring is 1. The zero-order chi connectivity index (χ0) is 21.0. The maximum absolute atomic E-state index is 12.8. The predicted molar refractivity (Wildman–Crippen MR) is 120 cm³/mol. The molecule has 29 heavy (non-hydrogen) atoms. The smallest absolute Gasteiger partial charge is 0.209 e. The van der Waals surface area contributed by atoms with Crippen molar-refractivity contribution in [3.63, 3.8) is 0 Å². The van der Waals surface area contributed by atoms with E-state index in [0.717, 1.165) is 21.9 Å². The van der Waals surface area contributed by atoms with E-state index in [1.807, 2.05) is 24.3 Å². The molecule has 3 rings (SSSR count). The number of aromatic nitrogens is 1. The van der Waals surface area contributed by atoms with Crippen LogP contribution in [-0.4, -0.2) is 39.4 Å². The highest BCUT2D eigenvalue weighted by molar-refractivity contribution is 7.99. The zero-order valence-electron chi connectivity index (χ0n) is 14.9. The van der Waals surface area contributed by atoms with E-state index in [0.29, 0.717) is 10.9 Å². The molecule has 0 aliphatic rings. The number of carbonyl (C=O) groups is 1. The van der Waals surface area contributed by atoms with Crippen LogP contribution in [0.2, 0.25) is 10.0 Å². The Morgan fingerprint density at radius 1 is 1.21 bits per heavy atom. The van der Waals surface area contributed by atoms with Crippen molar-refractivity contribution in [1.29, 1.82) is 0 Å². The highest BCUT2D eigenvalue weighted by Crippen LogP contribution is 2.34. The molecule has 1 heterocycles. The van der Waals surface area contributed by atoms with Gasteiger partial charge in [0, 0.05) is 16.3 Å². The summed E-state index contributed by atoms with van der Waals surface area (Å²) in [7, 11) is 0. The summed E-state index contributed by atoms with van der Waals surface area (Å²) in [4.78, 5) is 18.2. The summed E-state index contributed by atoms with van der Waals surface area (Å²) in [5.41, 5.74) is 6.91. The largest absolute Gasteiger partial charge is 0.394 e. The quantitative estimate of drug-likeness (QED) is 0.285. The van der Waals surface area contributed by atoms with Gasteiger partial charge in [-0.05, 0) is 36.4 Å². The molecule has 6 nitrogen and oxygen atoms in total. The fourth-order valence-corrected chi connectivity index (χ4v) is 4.62. The maximum atomic E-state index is 12.8. The van der Waals surface area contributed by atoms with E-state index in [2.05, 4.69) is 10.3 Å². The molecule has 0 radical (unpaired) electrons. The number of anilines is 3. The summed E-state index contributed by atoms with van der Waals surface area (Å²) in [5, 5.41) is 22.4. The number of carbonyl (C=O) groups excluding carboxylic acids is 1. The molecule has 0 aliphatic heterocycles. The molecule has 0 saturated heterocycles. The van der Waals surface area contributed by atoms with E-state index in [9.17, 15) is 9.90 Å². The number of hydrogen-bond acceptors (Lipinski definition) is 8. The number of thioether (sulfide) groups is 1. The van der Waals surface area contributed by atoms with Gasteiger partial charge in [-0.15, -0.1) is 11.8 Å². The fourth-order valence-electron chi connectivity index (χ4n) is 2.38. The van der Waals surface area contributed by atoms with Crippen molar-refractivity contribution in [2.24, 2.45) is 0 Å². The van der Waals surface area contributed by atoms with Crippen LogP contribution in [-0.2, 0) is 0 Å². The van der Waals surface area contributed by atoms with Gasteiger partial charge in [-0.25, -0.2) is 4.98 Å². The van der Waals surface area contributed by atoms with Crippen molar-refractivity contribution in [2.75, 3.05) is 23.4 Å². The van der Waals surface area contributed by atoms with Crippen LogP contribution in [0.4, 0.5) is 16.6 Å². The molecule has 0 saturated carbocycles. The molecule has 0 bridgehead atoms. The van der Waals surface area contributed by atoms with Crippen LogP contribution in [0.3, 0.4) is 0 Å². The third-order valence-electron chi connectivity index (χ3n) is 3.81. The molecule has 1 unspecified atom stereocenters. The third-order valence-corrected chi connectivity index (χ3v) is 6.58. The van der Waals surface area contributed by atoms with Crippen LogP contribution in [0.15, 0.2) is 47.4 Å². The molecule has 5 N–H and O–H groups in total. The Hall–Kier alpha value is -1.81. The minimum atomic E-state index is -0.751. The first-order valence-corrected chi connectivity index (χ1v) is 11.0. The lowest BCUT2D eigenvalue weighted by molar-refractivity contribution is 0.104. The maximum Gasteiger partial charge on any atom is 0.209 e. The Morgan fingerprint density at radius 2 is 1.86 bits per heavy atom. The normalized spacial score (nSPS) is 12.0. The first kappa shape index (κ1) is 21.9. The number of benzene rings is 2. The van der Waals surface area contributed by atoms with Gasteiger partial charge in [0.2, 0.25) is 5.78 Å². The Balaban J connectivity index is 1.73. The summed E-state index contributed by atoms with van der Waals surface area (Å²) in [6.45, 7) is -0.265. The van der Waals surface area contributed by atoms with Crippen molar-refractivity contribution >= 4 is 68.7 Å². The molecule has 0 spiro atoms. The van der Waals surface area contributed by atoms with Crippen molar-refractivity contribution in [3.8, 4) is 0 Å². The van der Waals surface area contributed by atoms with E-state index >= 15 is 0 Å². The number of halogens is 2. The van der Waals surface area contributed by atoms with Gasteiger partial charge in [0.05, 0.1) is 28.3 Å². The lowest BCUT2D eigenvalue weighted by Crippen LogP contribution is -2.14. The van der Waals surface area contributed by atoms with Gasteiger partial charge < -0.3 is 21.3 Å². The van der Waals surface area contributed by atoms with E-state index in [1.165, 1.54) is 11.8 Å². The van der Waals surface area contributed by atoms with Crippen LogP contribution in [0.1, 0.15) is 15.2 Å². The average molecular weight is 470 g/mol. The number of rotatable bonds is 8. The second-order valence-electron chi connectivity index (χ2n) is 5.96. The zero-order valence-corrected chi connectivity index (χ0v) is 18.1. The number of aliphatic hydroxyl groups is 2. The number of ketones is 1. The lowest BCUT2D eigenvalue weighted by atomic mass is 10.1. The van der Waals surface area contributed by atoms with E-state index in [1.54, 1.807) is 18.2 Å². The molecule has 152 valence electrons. The van der Waals surface area contributed by atoms with Gasteiger partial charge in [0.15, 0.2) is 5.13 Å². The molecule has 0 fully saturated rings. The molecule has 0 amide bonds. The first-order valence-electron chi connectivity index (χ1n) is 8.43. The van der Waals surface area contributed by atoms with Crippen LogP contribution in [0.25, 0.3) is 0 Å². The molecule has 1 aromatic heterocycles. The SMILES string of the molecule is Nc1nc(Nc2ccc(SCC(O)CO)cc2)sc1C(=O)c1c(Cl)cccc1Cl. The van der Waals surface area contributed by atoms with E-state index in [4.69, 9.17) is 34.0 Å². The van der Waals surface area contributed by atoms with Crippen molar-refractivity contribution < 1.29 is 15.0 Å². The van der Waals surface area contributed by atoms with Crippen LogP contribution in [0, 0.1) is 0 Å². The predicted octanol–water partition coefficient (Wildman–Crippen LogP) is 4.45. The summed E-state index contributed by atoms with van der Waals surface area (Å²) < 4.78 is 0. The monoisotopic (exact) mass is 469 g/mol.